The third-order valence-electron chi connectivity index (χ3n) is 3.30. The van der Waals surface area contributed by atoms with Gasteiger partial charge in [-0.15, -0.1) is 11.3 Å². The van der Waals surface area contributed by atoms with Crippen molar-refractivity contribution in [1.82, 2.24) is 5.32 Å². The Labute approximate surface area is 112 Å². The molecule has 0 bridgehead atoms. The Morgan fingerprint density at radius 3 is 2.94 bits per heavy atom. The zero-order chi connectivity index (χ0) is 13.0. The molecule has 1 aromatic rings. The average Bonchev–Trinajstić information content (AvgIpc) is 2.95. The molecule has 0 aliphatic heterocycles. The first-order valence-corrected chi connectivity index (χ1v) is 7.11. The van der Waals surface area contributed by atoms with Gasteiger partial charge in [0.25, 0.3) is 5.91 Å². The van der Waals surface area contributed by atoms with Gasteiger partial charge in [-0.25, -0.2) is 0 Å². The summed E-state index contributed by atoms with van der Waals surface area (Å²) in [5.74, 6) is 5.75. The highest BCUT2D eigenvalue weighted by Crippen LogP contribution is 2.29. The Morgan fingerprint density at radius 1 is 1.56 bits per heavy atom. The molecule has 1 heterocycles. The predicted octanol–water partition coefficient (Wildman–Crippen LogP) is 2.12. The molecular weight excluding hydrogens is 244 g/mol. The summed E-state index contributed by atoms with van der Waals surface area (Å²) in [7, 11) is 0. The fraction of sp³-hybridized carbons (Fsp3) is 0.500. The number of amides is 1. The SMILES string of the molecule is CC1(NC(=O)c2csc(C#CCN)c2)CCCC1. The van der Waals surface area contributed by atoms with Crippen molar-refractivity contribution in [3.8, 4) is 11.8 Å². The number of carbonyl (C=O) groups is 1. The minimum atomic E-state index is -0.0257. The molecule has 96 valence electrons. The van der Waals surface area contributed by atoms with Crippen LogP contribution in [0.4, 0.5) is 0 Å². The monoisotopic (exact) mass is 262 g/mol. The fourth-order valence-corrected chi connectivity index (χ4v) is 3.04. The fourth-order valence-electron chi connectivity index (χ4n) is 2.29. The smallest absolute Gasteiger partial charge is 0.252 e. The van der Waals surface area contributed by atoms with E-state index < -0.39 is 0 Å². The Hall–Kier alpha value is -1.31. The van der Waals surface area contributed by atoms with Crippen molar-refractivity contribution < 1.29 is 4.79 Å². The molecule has 4 heteroatoms. The molecule has 1 aliphatic rings. The maximum atomic E-state index is 12.1. The molecule has 3 nitrogen and oxygen atoms in total. The second kappa shape index (κ2) is 5.55. The maximum Gasteiger partial charge on any atom is 0.252 e. The molecule has 1 aliphatic carbocycles. The lowest BCUT2D eigenvalue weighted by Crippen LogP contribution is -2.43. The molecule has 2 rings (SSSR count). The molecule has 18 heavy (non-hydrogen) atoms. The van der Waals surface area contributed by atoms with Crippen LogP contribution in [0.2, 0.25) is 0 Å². The Morgan fingerprint density at radius 2 is 2.28 bits per heavy atom. The van der Waals surface area contributed by atoms with E-state index in [0.717, 1.165) is 17.7 Å². The van der Waals surface area contributed by atoms with Gasteiger partial charge in [-0.2, -0.15) is 0 Å². The van der Waals surface area contributed by atoms with Crippen molar-refractivity contribution in [1.29, 1.82) is 0 Å². The Bertz CT molecular complexity index is 489. The molecule has 0 unspecified atom stereocenters. The molecule has 1 aromatic heterocycles. The topological polar surface area (TPSA) is 55.1 Å². The van der Waals surface area contributed by atoms with Crippen LogP contribution in [0.1, 0.15) is 47.8 Å². The van der Waals surface area contributed by atoms with Crippen LogP contribution in [-0.4, -0.2) is 18.0 Å². The largest absolute Gasteiger partial charge is 0.347 e. The van der Waals surface area contributed by atoms with E-state index in [4.69, 9.17) is 5.73 Å². The van der Waals surface area contributed by atoms with Gasteiger partial charge in [-0.3, -0.25) is 4.79 Å². The van der Waals surface area contributed by atoms with Gasteiger partial charge in [-0.05, 0) is 25.8 Å². The summed E-state index contributed by atoms with van der Waals surface area (Å²) in [4.78, 5) is 13.0. The van der Waals surface area contributed by atoms with Gasteiger partial charge < -0.3 is 11.1 Å². The number of nitrogens with one attached hydrogen (secondary N) is 1. The van der Waals surface area contributed by atoms with Crippen molar-refractivity contribution in [2.45, 2.75) is 38.1 Å². The third-order valence-corrected chi connectivity index (χ3v) is 4.14. The van der Waals surface area contributed by atoms with Crippen LogP contribution in [0.5, 0.6) is 0 Å². The first-order valence-electron chi connectivity index (χ1n) is 6.23. The lowest BCUT2D eigenvalue weighted by Gasteiger charge is -2.24. The summed E-state index contributed by atoms with van der Waals surface area (Å²) in [6.07, 6.45) is 4.55. The summed E-state index contributed by atoms with van der Waals surface area (Å²) in [6, 6.07) is 1.83. The van der Waals surface area contributed by atoms with E-state index in [1.807, 2.05) is 11.4 Å². The van der Waals surface area contributed by atoms with Gasteiger partial charge in [0.1, 0.15) is 0 Å². The van der Waals surface area contributed by atoms with Crippen LogP contribution in [0.3, 0.4) is 0 Å². The van der Waals surface area contributed by atoms with Crippen LogP contribution < -0.4 is 11.1 Å². The first kappa shape index (κ1) is 13.1. The van der Waals surface area contributed by atoms with Crippen LogP contribution in [0.15, 0.2) is 11.4 Å². The lowest BCUT2D eigenvalue weighted by molar-refractivity contribution is 0.0908. The quantitative estimate of drug-likeness (QED) is 0.802. The van der Waals surface area contributed by atoms with Crippen molar-refractivity contribution in [2.75, 3.05) is 6.54 Å². The molecule has 1 saturated carbocycles. The molecule has 0 atom stereocenters. The normalized spacial score (nSPS) is 17.0. The molecule has 3 N–H and O–H groups in total. The lowest BCUT2D eigenvalue weighted by atomic mass is 10.0. The van der Waals surface area contributed by atoms with E-state index in [1.165, 1.54) is 24.2 Å². The van der Waals surface area contributed by atoms with Crippen molar-refractivity contribution >= 4 is 17.2 Å². The maximum absolute atomic E-state index is 12.1. The molecular formula is C14H18N2OS. The number of hydrogen-bond donors (Lipinski definition) is 2. The molecule has 1 amide bonds. The van der Waals surface area contributed by atoms with E-state index in [0.29, 0.717) is 12.1 Å². The number of hydrogen-bond acceptors (Lipinski definition) is 3. The highest BCUT2D eigenvalue weighted by molar-refractivity contribution is 7.10. The average molecular weight is 262 g/mol. The standard InChI is InChI=1S/C14H18N2OS/c1-14(6-2-3-7-14)16-13(17)11-9-12(18-10-11)5-4-8-15/h9-10H,2-3,6-8,15H2,1H3,(H,16,17). The summed E-state index contributed by atoms with van der Waals surface area (Å²) < 4.78 is 0. The minimum Gasteiger partial charge on any atom is -0.347 e. The highest BCUT2D eigenvalue weighted by Gasteiger charge is 2.30. The first-order chi connectivity index (χ1) is 8.63. The number of thiophene rings is 1. The van der Waals surface area contributed by atoms with Crippen LogP contribution in [0.25, 0.3) is 0 Å². The predicted molar refractivity (Wildman–Crippen MR) is 74.6 cm³/mol. The number of rotatable bonds is 2. The summed E-state index contributed by atoms with van der Waals surface area (Å²) in [6.45, 7) is 2.47. The van der Waals surface area contributed by atoms with Gasteiger partial charge in [0.05, 0.1) is 17.0 Å². The zero-order valence-corrected chi connectivity index (χ0v) is 11.4. The van der Waals surface area contributed by atoms with Crippen molar-refractivity contribution in [3.05, 3.63) is 21.9 Å². The van der Waals surface area contributed by atoms with Crippen LogP contribution in [-0.2, 0) is 0 Å². The van der Waals surface area contributed by atoms with Crippen molar-refractivity contribution in [2.24, 2.45) is 5.73 Å². The zero-order valence-electron chi connectivity index (χ0n) is 10.6. The minimum absolute atomic E-state index is 0.0106. The third kappa shape index (κ3) is 3.12. The Balaban J connectivity index is 2.02. The van der Waals surface area contributed by atoms with Crippen LogP contribution >= 0.6 is 11.3 Å². The van der Waals surface area contributed by atoms with Gasteiger partial charge in [-0.1, -0.05) is 24.7 Å². The van der Waals surface area contributed by atoms with Gasteiger partial charge in [0.15, 0.2) is 0 Å². The second-order valence-electron chi connectivity index (χ2n) is 4.93. The summed E-state index contributed by atoms with van der Waals surface area (Å²) in [5.41, 5.74) is 6.00. The number of carbonyl (C=O) groups excluding carboxylic acids is 1. The molecule has 0 aromatic carbocycles. The van der Waals surface area contributed by atoms with Crippen LogP contribution in [0, 0.1) is 11.8 Å². The van der Waals surface area contributed by atoms with Gasteiger partial charge in [0.2, 0.25) is 0 Å². The molecule has 0 spiro atoms. The van der Waals surface area contributed by atoms with Gasteiger partial charge in [0, 0.05) is 10.9 Å². The van der Waals surface area contributed by atoms with Crippen molar-refractivity contribution in [3.63, 3.8) is 0 Å². The van der Waals surface area contributed by atoms with E-state index in [2.05, 4.69) is 24.1 Å². The van der Waals surface area contributed by atoms with E-state index in [9.17, 15) is 4.79 Å². The molecule has 1 fully saturated rings. The molecule has 0 saturated heterocycles. The molecule has 0 radical (unpaired) electrons. The van der Waals surface area contributed by atoms with Gasteiger partial charge >= 0.3 is 0 Å². The summed E-state index contributed by atoms with van der Waals surface area (Å²) >= 11 is 1.48. The van der Waals surface area contributed by atoms with E-state index in [-0.39, 0.29) is 11.4 Å². The van der Waals surface area contributed by atoms with E-state index >= 15 is 0 Å². The summed E-state index contributed by atoms with van der Waals surface area (Å²) in [5, 5.41) is 4.99. The van der Waals surface area contributed by atoms with E-state index in [1.54, 1.807) is 0 Å². The Kier molecular flexibility index (Phi) is 4.05. The number of nitrogens with two attached hydrogens (primary N) is 1. The second-order valence-corrected chi connectivity index (χ2v) is 5.84. The highest BCUT2D eigenvalue weighted by atomic mass is 32.1.